The standard InChI is InChI=1S/C15H13N3O/c1-11(19)14-8-7-13(10-17-14)18(2)15-6-4-3-5-12(15)9-16/h3-8,10H,1-2H3. The van der Waals surface area contributed by atoms with Crippen molar-refractivity contribution in [2.75, 3.05) is 11.9 Å². The summed E-state index contributed by atoms with van der Waals surface area (Å²) in [6.07, 6.45) is 1.63. The van der Waals surface area contributed by atoms with Crippen molar-refractivity contribution in [1.29, 1.82) is 5.26 Å². The third kappa shape index (κ3) is 2.61. The van der Waals surface area contributed by atoms with Crippen LogP contribution < -0.4 is 4.90 Å². The summed E-state index contributed by atoms with van der Waals surface area (Å²) in [5.41, 5.74) is 2.67. The van der Waals surface area contributed by atoms with E-state index in [4.69, 9.17) is 5.26 Å². The van der Waals surface area contributed by atoms with Gasteiger partial charge in [-0.2, -0.15) is 5.26 Å². The number of para-hydroxylation sites is 1. The Balaban J connectivity index is 2.36. The molecule has 0 spiro atoms. The summed E-state index contributed by atoms with van der Waals surface area (Å²) in [7, 11) is 1.86. The first kappa shape index (κ1) is 12.8. The molecule has 94 valence electrons. The van der Waals surface area contributed by atoms with E-state index in [9.17, 15) is 4.79 Å². The van der Waals surface area contributed by atoms with Crippen LogP contribution in [0.5, 0.6) is 0 Å². The molecule has 0 atom stereocenters. The predicted molar refractivity (Wildman–Crippen MR) is 73.5 cm³/mol. The molecule has 2 rings (SSSR count). The van der Waals surface area contributed by atoms with Gasteiger partial charge in [-0.1, -0.05) is 12.1 Å². The minimum absolute atomic E-state index is 0.0633. The maximum absolute atomic E-state index is 11.2. The minimum atomic E-state index is -0.0633. The van der Waals surface area contributed by atoms with Crippen molar-refractivity contribution in [1.82, 2.24) is 4.98 Å². The number of carbonyl (C=O) groups is 1. The number of nitriles is 1. The van der Waals surface area contributed by atoms with Crippen LogP contribution in [0.1, 0.15) is 23.0 Å². The molecule has 0 aliphatic heterocycles. The Kier molecular flexibility index (Phi) is 3.58. The molecule has 1 aromatic carbocycles. The second-order valence-electron chi connectivity index (χ2n) is 4.15. The number of pyridine rings is 1. The molecule has 0 radical (unpaired) electrons. The van der Waals surface area contributed by atoms with Gasteiger partial charge < -0.3 is 4.90 Å². The van der Waals surface area contributed by atoms with Crippen LogP contribution in [-0.2, 0) is 0 Å². The molecule has 0 saturated heterocycles. The van der Waals surface area contributed by atoms with E-state index in [1.54, 1.807) is 18.3 Å². The number of hydrogen-bond donors (Lipinski definition) is 0. The predicted octanol–water partition coefficient (Wildman–Crippen LogP) is 2.92. The molecule has 2 aromatic rings. The van der Waals surface area contributed by atoms with Gasteiger partial charge in [0.05, 0.1) is 23.1 Å². The number of benzene rings is 1. The molecule has 4 heteroatoms. The van der Waals surface area contributed by atoms with Gasteiger partial charge in [0.25, 0.3) is 0 Å². The minimum Gasteiger partial charge on any atom is -0.342 e. The lowest BCUT2D eigenvalue weighted by molar-refractivity contribution is 0.101. The summed E-state index contributed by atoms with van der Waals surface area (Å²) < 4.78 is 0. The largest absolute Gasteiger partial charge is 0.342 e. The average molecular weight is 251 g/mol. The molecule has 1 heterocycles. The van der Waals surface area contributed by atoms with Gasteiger partial charge in [0.1, 0.15) is 11.8 Å². The summed E-state index contributed by atoms with van der Waals surface area (Å²) in [6, 6.07) is 13.0. The Bertz CT molecular complexity index is 641. The molecule has 0 fully saturated rings. The van der Waals surface area contributed by atoms with E-state index in [1.807, 2.05) is 36.2 Å². The highest BCUT2D eigenvalue weighted by Crippen LogP contribution is 2.25. The Morgan fingerprint density at radius 2 is 2.00 bits per heavy atom. The van der Waals surface area contributed by atoms with Crippen molar-refractivity contribution in [3.8, 4) is 6.07 Å². The highest BCUT2D eigenvalue weighted by atomic mass is 16.1. The lowest BCUT2D eigenvalue weighted by Crippen LogP contribution is -2.11. The van der Waals surface area contributed by atoms with Crippen molar-refractivity contribution in [3.05, 3.63) is 53.9 Å². The van der Waals surface area contributed by atoms with Gasteiger partial charge in [0, 0.05) is 14.0 Å². The lowest BCUT2D eigenvalue weighted by atomic mass is 10.1. The number of aromatic nitrogens is 1. The smallest absolute Gasteiger partial charge is 0.178 e. The van der Waals surface area contributed by atoms with Crippen LogP contribution in [-0.4, -0.2) is 17.8 Å². The highest BCUT2D eigenvalue weighted by molar-refractivity contribution is 5.92. The molecule has 0 amide bonds. The first-order valence-electron chi connectivity index (χ1n) is 5.83. The van der Waals surface area contributed by atoms with E-state index in [1.165, 1.54) is 6.92 Å². The number of ketones is 1. The molecule has 0 unspecified atom stereocenters. The van der Waals surface area contributed by atoms with E-state index in [0.717, 1.165) is 11.4 Å². The zero-order valence-corrected chi connectivity index (χ0v) is 10.8. The zero-order chi connectivity index (χ0) is 13.8. The normalized spacial score (nSPS) is 9.74. The lowest BCUT2D eigenvalue weighted by Gasteiger charge is -2.20. The summed E-state index contributed by atoms with van der Waals surface area (Å²) in [5, 5.41) is 9.09. The van der Waals surface area contributed by atoms with E-state index in [2.05, 4.69) is 11.1 Å². The molecule has 4 nitrogen and oxygen atoms in total. The number of rotatable bonds is 3. The molecule has 0 aliphatic carbocycles. The number of hydrogen-bond acceptors (Lipinski definition) is 4. The van der Waals surface area contributed by atoms with Crippen molar-refractivity contribution in [2.45, 2.75) is 6.92 Å². The summed E-state index contributed by atoms with van der Waals surface area (Å²) in [6.45, 7) is 1.48. The van der Waals surface area contributed by atoms with Crippen molar-refractivity contribution in [2.24, 2.45) is 0 Å². The highest BCUT2D eigenvalue weighted by Gasteiger charge is 2.09. The molecule has 1 aromatic heterocycles. The molecular formula is C15H13N3O. The molecule has 0 saturated carbocycles. The van der Waals surface area contributed by atoms with Crippen LogP contribution in [0.4, 0.5) is 11.4 Å². The van der Waals surface area contributed by atoms with Crippen molar-refractivity contribution >= 4 is 17.2 Å². The fraction of sp³-hybridized carbons (Fsp3) is 0.133. The molecule has 0 bridgehead atoms. The van der Waals surface area contributed by atoms with Gasteiger partial charge in [-0.15, -0.1) is 0 Å². The van der Waals surface area contributed by atoms with Crippen molar-refractivity contribution < 1.29 is 4.79 Å². The van der Waals surface area contributed by atoms with Crippen LogP contribution in [0.2, 0.25) is 0 Å². The maximum atomic E-state index is 11.2. The van der Waals surface area contributed by atoms with Crippen LogP contribution in [0.25, 0.3) is 0 Å². The maximum Gasteiger partial charge on any atom is 0.178 e. The zero-order valence-electron chi connectivity index (χ0n) is 10.8. The third-order valence-corrected chi connectivity index (χ3v) is 2.88. The van der Waals surface area contributed by atoms with Gasteiger partial charge >= 0.3 is 0 Å². The van der Waals surface area contributed by atoms with Crippen molar-refractivity contribution in [3.63, 3.8) is 0 Å². The fourth-order valence-electron chi connectivity index (χ4n) is 1.79. The van der Waals surface area contributed by atoms with Crippen LogP contribution >= 0.6 is 0 Å². The van der Waals surface area contributed by atoms with E-state index < -0.39 is 0 Å². The van der Waals surface area contributed by atoms with Gasteiger partial charge in [0.15, 0.2) is 5.78 Å². The van der Waals surface area contributed by atoms with Crippen LogP contribution in [0.3, 0.4) is 0 Å². The summed E-state index contributed by atoms with van der Waals surface area (Å²) >= 11 is 0. The van der Waals surface area contributed by atoms with Crippen LogP contribution in [0.15, 0.2) is 42.6 Å². The molecule has 0 aliphatic rings. The Morgan fingerprint density at radius 3 is 2.58 bits per heavy atom. The Hall–Kier alpha value is -2.67. The van der Waals surface area contributed by atoms with E-state index in [0.29, 0.717) is 11.3 Å². The third-order valence-electron chi connectivity index (χ3n) is 2.88. The Morgan fingerprint density at radius 1 is 1.26 bits per heavy atom. The summed E-state index contributed by atoms with van der Waals surface area (Å²) in [5.74, 6) is -0.0633. The average Bonchev–Trinajstić information content (AvgIpc) is 2.46. The second-order valence-corrected chi connectivity index (χ2v) is 4.15. The first-order valence-corrected chi connectivity index (χ1v) is 5.83. The Labute approximate surface area is 111 Å². The fourth-order valence-corrected chi connectivity index (χ4v) is 1.79. The first-order chi connectivity index (χ1) is 9.13. The van der Waals surface area contributed by atoms with Gasteiger partial charge in [-0.05, 0) is 24.3 Å². The molecular weight excluding hydrogens is 238 g/mol. The van der Waals surface area contributed by atoms with Crippen LogP contribution in [0, 0.1) is 11.3 Å². The molecule has 19 heavy (non-hydrogen) atoms. The number of nitrogens with zero attached hydrogens (tertiary/aromatic N) is 3. The quantitative estimate of drug-likeness (QED) is 0.787. The van der Waals surface area contributed by atoms with Gasteiger partial charge in [-0.25, -0.2) is 0 Å². The monoisotopic (exact) mass is 251 g/mol. The number of carbonyl (C=O) groups excluding carboxylic acids is 1. The van der Waals surface area contributed by atoms with E-state index in [-0.39, 0.29) is 5.78 Å². The SMILES string of the molecule is CC(=O)c1ccc(N(C)c2ccccc2C#N)cn1. The van der Waals surface area contributed by atoms with E-state index >= 15 is 0 Å². The summed E-state index contributed by atoms with van der Waals surface area (Å²) in [4.78, 5) is 17.2. The topological polar surface area (TPSA) is 57.0 Å². The number of Topliss-reactive ketones (excluding diaryl/α,β-unsaturated/α-hetero) is 1. The van der Waals surface area contributed by atoms with Gasteiger partial charge in [-0.3, -0.25) is 9.78 Å². The van der Waals surface area contributed by atoms with Gasteiger partial charge in [0.2, 0.25) is 0 Å². The number of anilines is 2. The second kappa shape index (κ2) is 5.32. The molecule has 0 N–H and O–H groups in total.